The summed E-state index contributed by atoms with van der Waals surface area (Å²) in [5.41, 5.74) is 0. The highest BCUT2D eigenvalue weighted by Crippen LogP contribution is 2.15. The van der Waals surface area contributed by atoms with E-state index in [-0.39, 0.29) is 5.82 Å². The topological polar surface area (TPSA) is 63.7 Å². The average Bonchev–Trinajstić information content (AvgIpc) is 2.86. The van der Waals surface area contributed by atoms with Crippen LogP contribution in [0.5, 0.6) is 0 Å². The van der Waals surface area contributed by atoms with Crippen molar-refractivity contribution in [2.75, 3.05) is 6.61 Å². The highest BCUT2D eigenvalue weighted by Gasteiger charge is 2.15. The summed E-state index contributed by atoms with van der Waals surface area (Å²) in [7, 11) is 0. The zero-order valence-corrected chi connectivity index (χ0v) is 7.89. The van der Waals surface area contributed by atoms with E-state index >= 15 is 0 Å². The van der Waals surface area contributed by atoms with E-state index in [1.54, 1.807) is 11.0 Å². The Balaban J connectivity index is 1.82. The van der Waals surface area contributed by atoms with Crippen LogP contribution in [0.3, 0.4) is 0 Å². The number of hydrogen-bond acceptors (Lipinski definition) is 4. The van der Waals surface area contributed by atoms with E-state index in [9.17, 15) is 0 Å². The van der Waals surface area contributed by atoms with Gasteiger partial charge in [0.2, 0.25) is 0 Å². The molecule has 2 heterocycles. The molecule has 14 heavy (non-hydrogen) atoms. The second kappa shape index (κ2) is 4.20. The van der Waals surface area contributed by atoms with Gasteiger partial charge in [-0.2, -0.15) is 5.26 Å². The molecule has 5 nitrogen and oxygen atoms in total. The molecule has 1 unspecified atom stereocenters. The molecule has 0 N–H and O–H groups in total. The predicted octanol–water partition coefficient (Wildman–Crippen LogP) is 0.719. The van der Waals surface area contributed by atoms with E-state index in [0.717, 1.165) is 32.4 Å². The van der Waals surface area contributed by atoms with Gasteiger partial charge in [-0.15, -0.1) is 5.10 Å². The Kier molecular flexibility index (Phi) is 2.75. The number of nitrogens with zero attached hydrogens (tertiary/aromatic N) is 4. The van der Waals surface area contributed by atoms with Crippen LogP contribution in [0.25, 0.3) is 0 Å². The van der Waals surface area contributed by atoms with E-state index in [4.69, 9.17) is 10.00 Å². The fraction of sp³-hybridized carbons (Fsp3) is 0.667. The lowest BCUT2D eigenvalue weighted by Crippen LogP contribution is -2.10. The van der Waals surface area contributed by atoms with Crippen molar-refractivity contribution in [3.63, 3.8) is 0 Å². The van der Waals surface area contributed by atoms with Gasteiger partial charge in [0.1, 0.15) is 12.4 Å². The first-order chi connectivity index (χ1) is 6.88. The molecule has 1 aliphatic rings. The quantitative estimate of drug-likeness (QED) is 0.707. The minimum atomic E-state index is 0.234. The van der Waals surface area contributed by atoms with E-state index in [1.807, 2.05) is 6.07 Å². The first-order valence-corrected chi connectivity index (χ1v) is 4.79. The van der Waals surface area contributed by atoms with Crippen molar-refractivity contribution in [2.24, 2.45) is 0 Å². The molecule has 1 aromatic rings. The summed E-state index contributed by atoms with van der Waals surface area (Å²) in [6, 6.07) is 1.90. The van der Waals surface area contributed by atoms with Crippen molar-refractivity contribution in [3.8, 4) is 6.07 Å². The van der Waals surface area contributed by atoms with Gasteiger partial charge in [-0.3, -0.25) is 4.68 Å². The molecule has 0 radical (unpaired) electrons. The fourth-order valence-electron chi connectivity index (χ4n) is 1.60. The molecule has 0 bridgehead atoms. The molecular formula is C9H12N4O. The summed E-state index contributed by atoms with van der Waals surface area (Å²) in [5.74, 6) is 0.234. The van der Waals surface area contributed by atoms with Crippen LogP contribution in [0.1, 0.15) is 25.1 Å². The van der Waals surface area contributed by atoms with Crippen molar-refractivity contribution >= 4 is 0 Å². The molecule has 74 valence electrons. The van der Waals surface area contributed by atoms with Crippen molar-refractivity contribution in [2.45, 2.75) is 31.9 Å². The molecule has 0 amide bonds. The maximum absolute atomic E-state index is 8.52. The third-order valence-corrected chi connectivity index (χ3v) is 2.34. The third kappa shape index (κ3) is 2.09. The Morgan fingerprint density at radius 2 is 2.64 bits per heavy atom. The first kappa shape index (κ1) is 9.16. The second-order valence-corrected chi connectivity index (χ2v) is 3.37. The second-order valence-electron chi connectivity index (χ2n) is 3.37. The van der Waals surface area contributed by atoms with E-state index < -0.39 is 0 Å². The Labute approximate surface area is 82.3 Å². The summed E-state index contributed by atoms with van der Waals surface area (Å²) in [6.45, 7) is 1.66. The van der Waals surface area contributed by atoms with Gasteiger partial charge in [0, 0.05) is 13.2 Å². The van der Waals surface area contributed by atoms with Gasteiger partial charge in [0.15, 0.2) is 0 Å². The summed E-state index contributed by atoms with van der Waals surface area (Å²) in [6.07, 6.45) is 5.21. The van der Waals surface area contributed by atoms with Gasteiger partial charge in [0.25, 0.3) is 5.82 Å². The summed E-state index contributed by atoms with van der Waals surface area (Å²) in [5, 5.41) is 12.5. The standard InChI is InChI=1S/C9H12N4O/c10-6-9-11-7-13(12-9)4-3-8-2-1-5-14-8/h7-8H,1-5H2. The number of aromatic nitrogens is 3. The lowest BCUT2D eigenvalue weighted by atomic mass is 10.2. The molecule has 2 rings (SSSR count). The fourth-order valence-corrected chi connectivity index (χ4v) is 1.60. The van der Waals surface area contributed by atoms with E-state index in [0.29, 0.717) is 6.10 Å². The number of hydrogen-bond donors (Lipinski definition) is 0. The highest BCUT2D eigenvalue weighted by molar-refractivity contribution is 5.05. The molecular weight excluding hydrogens is 180 g/mol. The van der Waals surface area contributed by atoms with Crippen LogP contribution in [0.4, 0.5) is 0 Å². The zero-order valence-electron chi connectivity index (χ0n) is 7.89. The van der Waals surface area contributed by atoms with E-state index in [1.165, 1.54) is 0 Å². The minimum Gasteiger partial charge on any atom is -0.378 e. The zero-order chi connectivity index (χ0) is 9.80. The number of aryl methyl sites for hydroxylation is 1. The molecule has 0 aromatic carbocycles. The Morgan fingerprint density at radius 3 is 3.29 bits per heavy atom. The van der Waals surface area contributed by atoms with Crippen LogP contribution in [0.2, 0.25) is 0 Å². The third-order valence-electron chi connectivity index (χ3n) is 2.34. The SMILES string of the molecule is N#Cc1ncn(CCC2CCCO2)n1. The predicted molar refractivity (Wildman–Crippen MR) is 48.3 cm³/mol. The van der Waals surface area contributed by atoms with Gasteiger partial charge in [-0.25, -0.2) is 4.98 Å². The molecule has 0 saturated carbocycles. The Hall–Kier alpha value is -1.41. The molecule has 1 aliphatic heterocycles. The van der Waals surface area contributed by atoms with Crippen molar-refractivity contribution < 1.29 is 4.74 Å². The molecule has 1 saturated heterocycles. The van der Waals surface area contributed by atoms with Gasteiger partial charge < -0.3 is 4.74 Å². The van der Waals surface area contributed by atoms with Crippen LogP contribution >= 0.6 is 0 Å². The molecule has 5 heteroatoms. The lowest BCUT2D eigenvalue weighted by Gasteiger charge is -2.07. The first-order valence-electron chi connectivity index (χ1n) is 4.79. The van der Waals surface area contributed by atoms with Gasteiger partial charge in [0.05, 0.1) is 6.10 Å². The lowest BCUT2D eigenvalue weighted by molar-refractivity contribution is 0.0994. The van der Waals surface area contributed by atoms with Gasteiger partial charge in [-0.05, 0) is 19.3 Å². The Morgan fingerprint density at radius 1 is 1.71 bits per heavy atom. The van der Waals surface area contributed by atoms with Gasteiger partial charge >= 0.3 is 0 Å². The molecule has 0 aliphatic carbocycles. The summed E-state index contributed by atoms with van der Waals surface area (Å²) < 4.78 is 7.18. The maximum atomic E-state index is 8.52. The van der Waals surface area contributed by atoms with Crippen molar-refractivity contribution in [3.05, 3.63) is 12.2 Å². The normalized spacial score (nSPS) is 20.9. The maximum Gasteiger partial charge on any atom is 0.252 e. The molecule has 1 aromatic heterocycles. The van der Waals surface area contributed by atoms with Crippen molar-refractivity contribution in [1.29, 1.82) is 5.26 Å². The average molecular weight is 192 g/mol. The van der Waals surface area contributed by atoms with Crippen LogP contribution in [0, 0.1) is 11.3 Å². The van der Waals surface area contributed by atoms with Crippen LogP contribution in [-0.4, -0.2) is 27.5 Å². The van der Waals surface area contributed by atoms with Crippen LogP contribution < -0.4 is 0 Å². The number of rotatable bonds is 3. The Bertz CT molecular complexity index is 335. The van der Waals surface area contributed by atoms with Crippen LogP contribution in [0.15, 0.2) is 6.33 Å². The summed E-state index contributed by atoms with van der Waals surface area (Å²) >= 11 is 0. The number of ether oxygens (including phenoxy) is 1. The smallest absolute Gasteiger partial charge is 0.252 e. The number of nitriles is 1. The van der Waals surface area contributed by atoms with E-state index in [2.05, 4.69) is 10.1 Å². The summed E-state index contributed by atoms with van der Waals surface area (Å²) in [4.78, 5) is 3.83. The minimum absolute atomic E-state index is 0.234. The monoisotopic (exact) mass is 192 g/mol. The largest absolute Gasteiger partial charge is 0.378 e. The molecule has 1 atom stereocenters. The molecule has 1 fully saturated rings. The highest BCUT2D eigenvalue weighted by atomic mass is 16.5. The van der Waals surface area contributed by atoms with Crippen LogP contribution in [-0.2, 0) is 11.3 Å². The van der Waals surface area contributed by atoms with Gasteiger partial charge in [-0.1, -0.05) is 0 Å². The molecule has 0 spiro atoms. The van der Waals surface area contributed by atoms with Crippen molar-refractivity contribution in [1.82, 2.24) is 14.8 Å².